The third-order valence-corrected chi connectivity index (χ3v) is 5.00. The highest BCUT2D eigenvalue weighted by atomic mass is 16.5. The van der Waals surface area contributed by atoms with Crippen molar-refractivity contribution in [2.24, 2.45) is 0 Å². The first kappa shape index (κ1) is 20.1. The van der Waals surface area contributed by atoms with Crippen LogP contribution in [0.2, 0.25) is 0 Å². The predicted octanol–water partition coefficient (Wildman–Crippen LogP) is 2.58. The highest BCUT2D eigenvalue weighted by Gasteiger charge is 2.27. The Morgan fingerprint density at radius 2 is 2.18 bits per heavy atom. The standard InChI is InChI=1S/C21H28N4O3/c1-5-6-17(22-4)21(27)25-7-8-28-20-16(12-25)9-15(10-18(20)26)19-14(3)23-11-13(2)24-19/h9-11,17,22,26H,5-8,12H2,1-4H3/t17-/m0/s1. The van der Waals surface area contributed by atoms with Crippen LogP contribution in [-0.4, -0.2) is 52.1 Å². The lowest BCUT2D eigenvalue weighted by Gasteiger charge is -2.25. The molecule has 3 rings (SSSR count). The maximum atomic E-state index is 12.9. The Labute approximate surface area is 165 Å². The van der Waals surface area contributed by atoms with Crippen molar-refractivity contribution in [3.05, 3.63) is 35.3 Å². The molecular formula is C21H28N4O3. The van der Waals surface area contributed by atoms with Crippen molar-refractivity contribution in [3.63, 3.8) is 0 Å². The molecule has 2 N–H and O–H groups in total. The number of benzene rings is 1. The zero-order valence-electron chi connectivity index (χ0n) is 17.0. The number of phenols is 1. The number of aromatic nitrogens is 2. The number of aryl methyl sites for hydroxylation is 2. The molecule has 2 heterocycles. The Bertz CT molecular complexity index is 869. The number of carbonyl (C=O) groups excluding carboxylic acids is 1. The summed E-state index contributed by atoms with van der Waals surface area (Å²) in [6.07, 6.45) is 3.43. The van der Waals surface area contributed by atoms with E-state index < -0.39 is 0 Å². The number of hydrogen-bond donors (Lipinski definition) is 2. The summed E-state index contributed by atoms with van der Waals surface area (Å²) in [5.74, 6) is 0.550. The molecule has 0 fully saturated rings. The van der Waals surface area contributed by atoms with E-state index in [-0.39, 0.29) is 17.7 Å². The molecule has 0 spiro atoms. The summed E-state index contributed by atoms with van der Waals surface area (Å²) in [6.45, 7) is 7.04. The van der Waals surface area contributed by atoms with Gasteiger partial charge in [0.25, 0.3) is 0 Å². The molecule has 1 aromatic carbocycles. The number of hydrogen-bond acceptors (Lipinski definition) is 6. The predicted molar refractivity (Wildman–Crippen MR) is 107 cm³/mol. The Hall–Kier alpha value is -2.67. The third kappa shape index (κ3) is 4.09. The molecule has 0 aliphatic carbocycles. The number of aromatic hydroxyl groups is 1. The summed E-state index contributed by atoms with van der Waals surface area (Å²) in [5, 5.41) is 13.7. The topological polar surface area (TPSA) is 87.6 Å². The Morgan fingerprint density at radius 1 is 1.39 bits per heavy atom. The normalized spacial score (nSPS) is 14.8. The second-order valence-corrected chi connectivity index (χ2v) is 7.17. The van der Waals surface area contributed by atoms with E-state index in [2.05, 4.69) is 22.2 Å². The van der Waals surface area contributed by atoms with E-state index in [4.69, 9.17) is 4.74 Å². The molecule has 1 aliphatic rings. The summed E-state index contributed by atoms with van der Waals surface area (Å²) < 4.78 is 5.78. The van der Waals surface area contributed by atoms with Crippen molar-refractivity contribution < 1.29 is 14.6 Å². The van der Waals surface area contributed by atoms with Crippen LogP contribution < -0.4 is 10.1 Å². The smallest absolute Gasteiger partial charge is 0.240 e. The lowest BCUT2D eigenvalue weighted by Crippen LogP contribution is -2.45. The molecular weight excluding hydrogens is 356 g/mol. The number of carbonyl (C=O) groups is 1. The fraction of sp³-hybridized carbons (Fsp3) is 0.476. The quantitative estimate of drug-likeness (QED) is 0.824. The van der Waals surface area contributed by atoms with E-state index in [0.717, 1.165) is 41.1 Å². The number of nitrogens with zero attached hydrogens (tertiary/aromatic N) is 3. The van der Waals surface area contributed by atoms with Crippen molar-refractivity contribution in [2.45, 2.75) is 46.2 Å². The number of rotatable bonds is 5. The second-order valence-electron chi connectivity index (χ2n) is 7.17. The van der Waals surface area contributed by atoms with E-state index in [1.807, 2.05) is 27.0 Å². The number of nitrogens with one attached hydrogen (secondary N) is 1. The number of phenolic OH excluding ortho intramolecular Hbond substituents is 1. The van der Waals surface area contributed by atoms with Crippen LogP contribution in [-0.2, 0) is 11.3 Å². The number of likely N-dealkylation sites (N-methyl/N-ethyl adjacent to an activating group) is 1. The van der Waals surface area contributed by atoms with Crippen LogP contribution in [0.25, 0.3) is 11.3 Å². The van der Waals surface area contributed by atoms with E-state index in [9.17, 15) is 9.90 Å². The van der Waals surface area contributed by atoms with Gasteiger partial charge >= 0.3 is 0 Å². The molecule has 0 saturated carbocycles. The van der Waals surface area contributed by atoms with Crippen LogP contribution in [0.5, 0.6) is 11.5 Å². The number of fused-ring (bicyclic) bond motifs is 1. The molecule has 0 saturated heterocycles. The van der Waals surface area contributed by atoms with E-state index in [1.165, 1.54) is 0 Å². The Balaban J connectivity index is 1.97. The molecule has 7 nitrogen and oxygen atoms in total. The lowest BCUT2D eigenvalue weighted by atomic mass is 10.0. The minimum atomic E-state index is -0.215. The highest BCUT2D eigenvalue weighted by molar-refractivity contribution is 5.82. The van der Waals surface area contributed by atoms with Gasteiger partial charge in [-0.05, 0) is 39.4 Å². The highest BCUT2D eigenvalue weighted by Crippen LogP contribution is 2.37. The van der Waals surface area contributed by atoms with Gasteiger partial charge in [0.15, 0.2) is 11.5 Å². The molecule has 1 aliphatic heterocycles. The van der Waals surface area contributed by atoms with Gasteiger partial charge in [-0.2, -0.15) is 0 Å². The Morgan fingerprint density at radius 3 is 2.89 bits per heavy atom. The summed E-state index contributed by atoms with van der Waals surface area (Å²) in [5.41, 5.74) is 3.85. The average Bonchev–Trinajstić information content (AvgIpc) is 2.90. The monoisotopic (exact) mass is 384 g/mol. The fourth-order valence-corrected chi connectivity index (χ4v) is 3.54. The van der Waals surface area contributed by atoms with E-state index in [1.54, 1.807) is 17.2 Å². The van der Waals surface area contributed by atoms with Gasteiger partial charge in [0.1, 0.15) is 6.61 Å². The maximum absolute atomic E-state index is 12.9. The van der Waals surface area contributed by atoms with E-state index >= 15 is 0 Å². The van der Waals surface area contributed by atoms with Crippen molar-refractivity contribution >= 4 is 5.91 Å². The molecule has 0 unspecified atom stereocenters. The number of amides is 1. The molecule has 7 heteroatoms. The largest absolute Gasteiger partial charge is 0.504 e. The van der Waals surface area contributed by atoms with Gasteiger partial charge in [-0.3, -0.25) is 9.78 Å². The number of ether oxygens (including phenoxy) is 1. The second kappa shape index (κ2) is 8.56. The molecule has 1 aromatic heterocycles. The first-order valence-corrected chi connectivity index (χ1v) is 9.70. The SMILES string of the molecule is CCC[C@H](NC)C(=O)N1CCOc2c(O)cc(-c3nc(C)cnc3C)cc2C1. The molecule has 0 bridgehead atoms. The molecule has 28 heavy (non-hydrogen) atoms. The Kier molecular flexibility index (Phi) is 6.14. The van der Waals surface area contributed by atoms with Crippen LogP contribution >= 0.6 is 0 Å². The zero-order valence-corrected chi connectivity index (χ0v) is 17.0. The summed E-state index contributed by atoms with van der Waals surface area (Å²) >= 11 is 0. The minimum absolute atomic E-state index is 0.0530. The van der Waals surface area contributed by atoms with Gasteiger partial charge in [-0.25, -0.2) is 4.98 Å². The van der Waals surface area contributed by atoms with Gasteiger partial charge in [0.2, 0.25) is 5.91 Å². The van der Waals surface area contributed by atoms with Crippen LogP contribution in [0.3, 0.4) is 0 Å². The van der Waals surface area contributed by atoms with Gasteiger partial charge in [-0.15, -0.1) is 0 Å². The van der Waals surface area contributed by atoms with Gasteiger partial charge in [-0.1, -0.05) is 13.3 Å². The molecule has 1 atom stereocenters. The molecule has 1 amide bonds. The van der Waals surface area contributed by atoms with Gasteiger partial charge < -0.3 is 20.1 Å². The zero-order chi connectivity index (χ0) is 20.3. The van der Waals surface area contributed by atoms with Gasteiger partial charge in [0.05, 0.1) is 29.7 Å². The van der Waals surface area contributed by atoms with Crippen LogP contribution in [0.4, 0.5) is 0 Å². The van der Waals surface area contributed by atoms with Crippen molar-refractivity contribution in [2.75, 3.05) is 20.2 Å². The van der Waals surface area contributed by atoms with E-state index in [0.29, 0.717) is 25.4 Å². The molecule has 150 valence electrons. The molecule has 0 radical (unpaired) electrons. The summed E-state index contributed by atoms with van der Waals surface area (Å²) in [6, 6.07) is 3.37. The molecule has 2 aromatic rings. The van der Waals surface area contributed by atoms with Crippen molar-refractivity contribution in [1.82, 2.24) is 20.2 Å². The average molecular weight is 384 g/mol. The summed E-state index contributed by atoms with van der Waals surface area (Å²) in [4.78, 5) is 23.7. The third-order valence-electron chi connectivity index (χ3n) is 5.00. The first-order chi connectivity index (χ1) is 13.4. The summed E-state index contributed by atoms with van der Waals surface area (Å²) in [7, 11) is 1.81. The van der Waals surface area contributed by atoms with Gasteiger partial charge in [0, 0.05) is 23.9 Å². The fourth-order valence-electron chi connectivity index (χ4n) is 3.54. The van der Waals surface area contributed by atoms with Crippen LogP contribution in [0, 0.1) is 13.8 Å². The van der Waals surface area contributed by atoms with Crippen LogP contribution in [0.15, 0.2) is 18.3 Å². The van der Waals surface area contributed by atoms with Crippen molar-refractivity contribution in [1.29, 1.82) is 0 Å². The minimum Gasteiger partial charge on any atom is -0.504 e. The first-order valence-electron chi connectivity index (χ1n) is 9.70. The van der Waals surface area contributed by atoms with Crippen LogP contribution in [0.1, 0.15) is 36.7 Å². The maximum Gasteiger partial charge on any atom is 0.240 e. The van der Waals surface area contributed by atoms with Crippen molar-refractivity contribution in [3.8, 4) is 22.8 Å². The lowest BCUT2D eigenvalue weighted by molar-refractivity contribution is -0.134.